The summed E-state index contributed by atoms with van der Waals surface area (Å²) in [5, 5.41) is 10.9. The first-order chi connectivity index (χ1) is 15.8. The minimum atomic E-state index is -0.812. The van der Waals surface area contributed by atoms with Crippen LogP contribution in [0.15, 0.2) is 46.2 Å². The first-order valence-electron chi connectivity index (χ1n) is 11.3. The second-order valence-corrected chi connectivity index (χ2v) is 9.42. The molecule has 1 saturated heterocycles. The Kier molecular flexibility index (Phi) is 7.38. The van der Waals surface area contributed by atoms with Gasteiger partial charge in [-0.25, -0.2) is 9.78 Å². The number of aromatic nitrogens is 4. The van der Waals surface area contributed by atoms with Crippen LogP contribution in [0, 0.1) is 0 Å². The highest BCUT2D eigenvalue weighted by Crippen LogP contribution is 2.23. The number of nitrogens with zero attached hydrogens (tertiary/aromatic N) is 6. The number of aryl methyl sites for hydroxylation is 2. The summed E-state index contributed by atoms with van der Waals surface area (Å²) < 4.78 is 4.07. The molecule has 1 aliphatic heterocycles. The molecule has 0 bridgehead atoms. The van der Waals surface area contributed by atoms with Crippen molar-refractivity contribution in [3.05, 3.63) is 63.1 Å². The summed E-state index contributed by atoms with van der Waals surface area (Å²) in [6.45, 7) is 4.89. The number of benzene rings is 1. The van der Waals surface area contributed by atoms with E-state index in [0.29, 0.717) is 17.7 Å². The highest BCUT2D eigenvalue weighted by Gasteiger charge is 2.22. The molecule has 3 aromatic rings. The van der Waals surface area contributed by atoms with Gasteiger partial charge >= 0.3 is 5.69 Å². The van der Waals surface area contributed by atoms with Gasteiger partial charge in [0.15, 0.2) is 11.2 Å². The van der Waals surface area contributed by atoms with Crippen molar-refractivity contribution >= 4 is 23.8 Å². The molecule has 0 spiro atoms. The maximum absolute atomic E-state index is 12.8. The lowest BCUT2D eigenvalue weighted by molar-refractivity contribution is 0.0628. The number of aliphatic hydroxyl groups excluding tert-OH is 1. The summed E-state index contributed by atoms with van der Waals surface area (Å²) in [7, 11) is 3.31. The number of aliphatic hydroxyl groups is 1. The van der Waals surface area contributed by atoms with E-state index >= 15 is 0 Å². The predicted octanol–water partition coefficient (Wildman–Crippen LogP) is 0.473. The van der Waals surface area contributed by atoms with Gasteiger partial charge in [-0.2, -0.15) is 12.6 Å². The summed E-state index contributed by atoms with van der Waals surface area (Å²) in [5.41, 5.74) is 1.07. The van der Waals surface area contributed by atoms with Gasteiger partial charge in [0.1, 0.15) is 0 Å². The monoisotopic (exact) mass is 472 g/mol. The highest BCUT2D eigenvalue weighted by molar-refractivity contribution is 7.80. The molecular formula is C23H32N6O3S. The summed E-state index contributed by atoms with van der Waals surface area (Å²) in [4.78, 5) is 34.2. The molecule has 1 aliphatic rings. The quantitative estimate of drug-likeness (QED) is 0.464. The lowest BCUT2D eigenvalue weighted by atomic mass is 10.1. The zero-order valence-corrected chi connectivity index (χ0v) is 20.1. The van der Waals surface area contributed by atoms with Crippen LogP contribution in [-0.2, 0) is 20.6 Å². The van der Waals surface area contributed by atoms with Gasteiger partial charge in [-0.05, 0) is 18.5 Å². The fourth-order valence-corrected chi connectivity index (χ4v) is 4.75. The molecule has 178 valence electrons. The van der Waals surface area contributed by atoms with Crippen molar-refractivity contribution in [1.29, 1.82) is 0 Å². The van der Waals surface area contributed by atoms with Crippen molar-refractivity contribution < 1.29 is 5.11 Å². The molecule has 4 rings (SSSR count). The molecule has 1 N–H and O–H groups in total. The fraction of sp³-hybridized carbons (Fsp3) is 0.522. The number of thiol groups is 1. The highest BCUT2D eigenvalue weighted by atomic mass is 32.1. The standard InChI is InChI=1S/C23H32N6O3S/c1-25-16-24-21-20(25)22(31)29(23(32)26(21)2)15-18(30)14-28-12-10-27(11-13-28)9-8-19(33)17-6-4-3-5-7-17/h3-7,16,18-19,30,33H,8-15H2,1-2H3. The Labute approximate surface area is 198 Å². The summed E-state index contributed by atoms with van der Waals surface area (Å²) in [6, 6.07) is 10.3. The van der Waals surface area contributed by atoms with Crippen LogP contribution < -0.4 is 11.2 Å². The molecule has 9 nitrogen and oxygen atoms in total. The Hall–Kier alpha value is -2.40. The van der Waals surface area contributed by atoms with Crippen LogP contribution in [0.25, 0.3) is 11.2 Å². The SMILES string of the molecule is Cn1cnc2c1c(=O)n(CC(O)CN1CCN(CCC(S)c3ccccc3)CC1)c(=O)n2C. The third-order valence-corrected chi connectivity index (χ3v) is 6.99. The molecule has 10 heteroatoms. The zero-order valence-electron chi connectivity index (χ0n) is 19.2. The maximum atomic E-state index is 12.8. The summed E-state index contributed by atoms with van der Waals surface area (Å²) in [5.74, 6) is 0. The number of imidazole rings is 1. The van der Waals surface area contributed by atoms with E-state index in [2.05, 4.69) is 26.9 Å². The third kappa shape index (κ3) is 5.24. The van der Waals surface area contributed by atoms with Crippen LogP contribution in [0.2, 0.25) is 0 Å². The Morgan fingerprint density at radius 2 is 1.70 bits per heavy atom. The van der Waals surface area contributed by atoms with E-state index in [0.717, 1.165) is 43.7 Å². The van der Waals surface area contributed by atoms with Crippen LogP contribution in [0.3, 0.4) is 0 Å². The van der Waals surface area contributed by atoms with Crippen molar-refractivity contribution in [2.24, 2.45) is 14.1 Å². The van der Waals surface area contributed by atoms with Gasteiger partial charge < -0.3 is 14.6 Å². The van der Waals surface area contributed by atoms with Crippen molar-refractivity contribution in [2.45, 2.75) is 24.3 Å². The lowest BCUT2D eigenvalue weighted by Crippen LogP contribution is -2.50. The average molecular weight is 473 g/mol. The number of β-amino-alcohol motifs (C(OH)–C–C–N with tert-alkyl or cyclic N) is 1. The molecule has 0 aliphatic carbocycles. The first-order valence-corrected chi connectivity index (χ1v) is 11.8. The van der Waals surface area contributed by atoms with Crippen LogP contribution in [0.1, 0.15) is 17.2 Å². The van der Waals surface area contributed by atoms with Crippen molar-refractivity contribution in [3.8, 4) is 0 Å². The van der Waals surface area contributed by atoms with Crippen LogP contribution in [0.4, 0.5) is 0 Å². The predicted molar refractivity (Wildman–Crippen MR) is 132 cm³/mol. The molecule has 0 amide bonds. The van der Waals surface area contributed by atoms with Crippen molar-refractivity contribution in [2.75, 3.05) is 39.3 Å². The Balaban J connectivity index is 1.29. The number of fused-ring (bicyclic) bond motifs is 1. The van der Waals surface area contributed by atoms with Gasteiger partial charge in [-0.3, -0.25) is 18.8 Å². The Morgan fingerprint density at radius 3 is 2.39 bits per heavy atom. The van der Waals surface area contributed by atoms with Crippen molar-refractivity contribution in [3.63, 3.8) is 0 Å². The molecular weight excluding hydrogens is 440 g/mol. The van der Waals surface area contributed by atoms with Crippen LogP contribution >= 0.6 is 12.6 Å². The zero-order chi connectivity index (χ0) is 23.5. The topological polar surface area (TPSA) is 88.5 Å². The maximum Gasteiger partial charge on any atom is 0.332 e. The van der Waals surface area contributed by atoms with Crippen LogP contribution in [-0.4, -0.2) is 79.0 Å². The Morgan fingerprint density at radius 1 is 1.03 bits per heavy atom. The van der Waals surface area contributed by atoms with Gasteiger partial charge in [-0.15, -0.1) is 0 Å². The average Bonchev–Trinajstić information content (AvgIpc) is 3.22. The second-order valence-electron chi connectivity index (χ2n) is 8.80. The molecule has 2 unspecified atom stereocenters. The van der Waals surface area contributed by atoms with E-state index in [9.17, 15) is 14.7 Å². The van der Waals surface area contributed by atoms with Gasteiger partial charge in [0.2, 0.25) is 0 Å². The van der Waals surface area contributed by atoms with Gasteiger partial charge in [0, 0.05) is 52.1 Å². The number of rotatable bonds is 8. The molecule has 0 radical (unpaired) electrons. The fourth-order valence-electron chi connectivity index (χ4n) is 4.47. The molecule has 1 aromatic carbocycles. The number of hydrogen-bond donors (Lipinski definition) is 2. The molecule has 3 heterocycles. The van der Waals surface area contributed by atoms with Crippen LogP contribution in [0.5, 0.6) is 0 Å². The van der Waals surface area contributed by atoms with E-state index < -0.39 is 17.4 Å². The van der Waals surface area contributed by atoms with E-state index in [4.69, 9.17) is 12.6 Å². The minimum Gasteiger partial charge on any atom is -0.390 e. The summed E-state index contributed by atoms with van der Waals surface area (Å²) in [6.07, 6.45) is 1.69. The second kappa shape index (κ2) is 10.3. The summed E-state index contributed by atoms with van der Waals surface area (Å²) >= 11 is 4.75. The van der Waals surface area contributed by atoms with Gasteiger partial charge in [-0.1, -0.05) is 30.3 Å². The van der Waals surface area contributed by atoms with E-state index in [1.54, 1.807) is 18.7 Å². The molecule has 2 atom stereocenters. The molecule has 0 saturated carbocycles. The smallest absolute Gasteiger partial charge is 0.332 e. The normalized spacial score (nSPS) is 17.5. The third-order valence-electron chi connectivity index (χ3n) is 6.43. The first kappa shape index (κ1) is 23.7. The van der Waals surface area contributed by atoms with E-state index in [1.807, 2.05) is 18.2 Å². The number of piperazine rings is 1. The number of hydrogen-bond acceptors (Lipinski definition) is 7. The largest absolute Gasteiger partial charge is 0.390 e. The molecule has 2 aromatic heterocycles. The Bertz CT molecular complexity index is 1200. The van der Waals surface area contributed by atoms with E-state index in [-0.39, 0.29) is 11.8 Å². The van der Waals surface area contributed by atoms with E-state index in [1.165, 1.54) is 16.5 Å². The van der Waals surface area contributed by atoms with Crippen molar-refractivity contribution in [1.82, 2.24) is 28.5 Å². The molecule has 33 heavy (non-hydrogen) atoms. The van der Waals surface area contributed by atoms with Gasteiger partial charge in [0.05, 0.1) is 19.0 Å². The molecule has 1 fully saturated rings. The van der Waals surface area contributed by atoms with Gasteiger partial charge in [0.25, 0.3) is 5.56 Å². The lowest BCUT2D eigenvalue weighted by Gasteiger charge is -2.36. The minimum absolute atomic E-state index is 0.0365.